The van der Waals surface area contributed by atoms with E-state index in [1.54, 1.807) is 0 Å². The molecule has 12 heavy (non-hydrogen) atoms. The van der Waals surface area contributed by atoms with Crippen molar-refractivity contribution in [1.82, 2.24) is 0 Å². The van der Waals surface area contributed by atoms with Gasteiger partial charge in [0.1, 0.15) is 0 Å². The van der Waals surface area contributed by atoms with Crippen LogP contribution in [0.15, 0.2) is 0 Å². The van der Waals surface area contributed by atoms with Crippen molar-refractivity contribution in [2.45, 2.75) is 25.4 Å². The minimum atomic E-state index is -4.10. The Bertz CT molecular complexity index is 150. The van der Waals surface area contributed by atoms with Crippen LogP contribution < -0.4 is 0 Å². The van der Waals surface area contributed by atoms with Crippen molar-refractivity contribution in [3.05, 3.63) is 0 Å². The number of alkyl halides is 3. The molecule has 0 bridgehead atoms. The van der Waals surface area contributed by atoms with E-state index < -0.39 is 12.6 Å². The third-order valence-electron chi connectivity index (χ3n) is 1.11. The van der Waals surface area contributed by atoms with Gasteiger partial charge in [-0.05, 0) is 6.42 Å². The van der Waals surface area contributed by atoms with Crippen molar-refractivity contribution in [2.24, 2.45) is 0 Å². The van der Waals surface area contributed by atoms with Crippen LogP contribution in [0.25, 0.3) is 0 Å². The highest BCUT2D eigenvalue weighted by molar-refractivity contribution is 4.67. The number of halogens is 3. The molecule has 0 unspecified atom stereocenters. The first-order valence-corrected chi connectivity index (χ1v) is 3.58. The average molecular weight is 181 g/mol. The molecule has 0 saturated carbocycles. The summed E-state index contributed by atoms with van der Waals surface area (Å²) in [7, 11) is 0. The Morgan fingerprint density at radius 2 is 1.92 bits per heavy atom. The van der Waals surface area contributed by atoms with Crippen LogP contribution in [-0.2, 0) is 4.74 Å². The summed E-state index contributed by atoms with van der Waals surface area (Å²) in [5, 5.41) is 8.04. The second-order valence-corrected chi connectivity index (χ2v) is 2.24. The molecule has 0 aliphatic heterocycles. The fourth-order valence-corrected chi connectivity index (χ4v) is 0.595. The van der Waals surface area contributed by atoms with Crippen LogP contribution in [0.2, 0.25) is 0 Å². The van der Waals surface area contributed by atoms with E-state index in [2.05, 4.69) is 0 Å². The topological polar surface area (TPSA) is 33.0 Å². The summed E-state index contributed by atoms with van der Waals surface area (Å²) in [5.41, 5.74) is 0. The maximum absolute atomic E-state index is 11.5. The molecule has 0 N–H and O–H groups in total. The van der Waals surface area contributed by atoms with Gasteiger partial charge in [0, 0.05) is 13.0 Å². The SMILES string of the molecule is N#CCCOCCCC(F)(F)F. The highest BCUT2D eigenvalue weighted by atomic mass is 19.4. The number of hydrogen-bond donors (Lipinski definition) is 0. The van der Waals surface area contributed by atoms with Gasteiger partial charge in [-0.25, -0.2) is 0 Å². The molecule has 0 radical (unpaired) electrons. The molecule has 0 spiro atoms. The number of hydrogen-bond acceptors (Lipinski definition) is 2. The van der Waals surface area contributed by atoms with Gasteiger partial charge in [-0.1, -0.05) is 0 Å². The van der Waals surface area contributed by atoms with Crippen LogP contribution in [0.3, 0.4) is 0 Å². The zero-order valence-corrected chi connectivity index (χ0v) is 6.52. The largest absolute Gasteiger partial charge is 0.389 e. The van der Waals surface area contributed by atoms with Crippen molar-refractivity contribution >= 4 is 0 Å². The summed E-state index contributed by atoms with van der Waals surface area (Å²) in [5.74, 6) is 0. The van der Waals surface area contributed by atoms with E-state index in [0.717, 1.165) is 0 Å². The lowest BCUT2D eigenvalue weighted by molar-refractivity contribution is -0.137. The molecule has 0 aliphatic carbocycles. The first-order chi connectivity index (χ1) is 5.56. The van der Waals surface area contributed by atoms with E-state index in [0.29, 0.717) is 0 Å². The summed E-state index contributed by atoms with van der Waals surface area (Å²) in [6.07, 6.45) is -4.72. The second-order valence-electron chi connectivity index (χ2n) is 2.24. The summed E-state index contributed by atoms with van der Waals surface area (Å²) >= 11 is 0. The summed E-state index contributed by atoms with van der Waals surface area (Å²) in [6.45, 7) is 0.287. The minimum absolute atomic E-state index is 0.0328. The van der Waals surface area contributed by atoms with Crippen molar-refractivity contribution in [1.29, 1.82) is 5.26 Å². The Kier molecular flexibility index (Phi) is 5.47. The van der Waals surface area contributed by atoms with Gasteiger partial charge in [-0.2, -0.15) is 18.4 Å². The van der Waals surface area contributed by atoms with Gasteiger partial charge in [0.05, 0.1) is 19.1 Å². The van der Waals surface area contributed by atoms with Gasteiger partial charge >= 0.3 is 6.18 Å². The molecule has 0 aromatic carbocycles. The van der Waals surface area contributed by atoms with Crippen LogP contribution >= 0.6 is 0 Å². The lowest BCUT2D eigenvalue weighted by Crippen LogP contribution is -2.08. The molecular formula is C7H10F3NO. The van der Waals surface area contributed by atoms with E-state index in [1.807, 2.05) is 6.07 Å². The first kappa shape index (κ1) is 11.2. The van der Waals surface area contributed by atoms with Gasteiger partial charge in [0.2, 0.25) is 0 Å². The van der Waals surface area contributed by atoms with Crippen molar-refractivity contribution < 1.29 is 17.9 Å². The maximum Gasteiger partial charge on any atom is 0.389 e. The fourth-order valence-electron chi connectivity index (χ4n) is 0.595. The predicted molar refractivity (Wildman–Crippen MR) is 36.3 cm³/mol. The Morgan fingerprint density at radius 3 is 2.42 bits per heavy atom. The molecule has 0 saturated heterocycles. The number of nitrogens with zero attached hydrogens (tertiary/aromatic N) is 1. The van der Waals surface area contributed by atoms with Crippen molar-refractivity contribution in [3.8, 4) is 6.07 Å². The molecule has 5 heteroatoms. The zero-order valence-electron chi connectivity index (χ0n) is 6.52. The lowest BCUT2D eigenvalue weighted by Gasteiger charge is -2.05. The quantitative estimate of drug-likeness (QED) is 0.609. The lowest BCUT2D eigenvalue weighted by atomic mass is 10.3. The van der Waals surface area contributed by atoms with Gasteiger partial charge in [0.15, 0.2) is 0 Å². The van der Waals surface area contributed by atoms with Crippen LogP contribution in [0.1, 0.15) is 19.3 Å². The van der Waals surface area contributed by atoms with Gasteiger partial charge in [-0.15, -0.1) is 0 Å². The Hall–Kier alpha value is -0.760. The monoisotopic (exact) mass is 181 g/mol. The maximum atomic E-state index is 11.5. The average Bonchev–Trinajstić information content (AvgIpc) is 1.94. The molecule has 70 valence electrons. The van der Waals surface area contributed by atoms with Crippen LogP contribution in [0, 0.1) is 11.3 Å². The second kappa shape index (κ2) is 5.84. The molecule has 0 amide bonds. The molecule has 0 rings (SSSR count). The van der Waals surface area contributed by atoms with Crippen molar-refractivity contribution in [3.63, 3.8) is 0 Å². The van der Waals surface area contributed by atoms with Gasteiger partial charge < -0.3 is 4.74 Å². The molecule has 0 heterocycles. The van der Waals surface area contributed by atoms with E-state index in [4.69, 9.17) is 10.00 Å². The number of ether oxygens (including phenoxy) is 1. The minimum Gasteiger partial charge on any atom is -0.380 e. The summed E-state index contributed by atoms with van der Waals surface area (Å²) in [4.78, 5) is 0. The molecule has 0 aliphatic rings. The van der Waals surface area contributed by atoms with E-state index >= 15 is 0 Å². The Morgan fingerprint density at radius 1 is 1.25 bits per heavy atom. The molecule has 0 aromatic rings. The van der Waals surface area contributed by atoms with E-state index in [-0.39, 0.29) is 26.1 Å². The molecule has 0 fully saturated rings. The summed E-state index contributed by atoms with van der Waals surface area (Å²) in [6, 6.07) is 1.83. The standard InChI is InChI=1S/C7H10F3NO/c8-7(9,10)3-1-5-12-6-2-4-11/h1-3,5-6H2. The number of rotatable bonds is 5. The molecule has 0 atom stereocenters. The van der Waals surface area contributed by atoms with Gasteiger partial charge in [-0.3, -0.25) is 0 Å². The molecular weight excluding hydrogens is 171 g/mol. The molecule has 0 aromatic heterocycles. The third kappa shape index (κ3) is 9.24. The van der Waals surface area contributed by atoms with Crippen LogP contribution in [-0.4, -0.2) is 19.4 Å². The smallest absolute Gasteiger partial charge is 0.380 e. The Balaban J connectivity index is 3.07. The van der Waals surface area contributed by atoms with E-state index in [9.17, 15) is 13.2 Å². The zero-order chi connectivity index (χ0) is 9.45. The fraction of sp³-hybridized carbons (Fsp3) is 0.857. The first-order valence-electron chi connectivity index (χ1n) is 3.58. The highest BCUT2D eigenvalue weighted by Gasteiger charge is 2.25. The van der Waals surface area contributed by atoms with Crippen molar-refractivity contribution in [2.75, 3.05) is 13.2 Å². The molecule has 2 nitrogen and oxygen atoms in total. The van der Waals surface area contributed by atoms with Crippen LogP contribution in [0.4, 0.5) is 13.2 Å². The van der Waals surface area contributed by atoms with E-state index in [1.165, 1.54) is 0 Å². The highest BCUT2D eigenvalue weighted by Crippen LogP contribution is 2.20. The normalized spacial score (nSPS) is 11.2. The number of nitriles is 1. The van der Waals surface area contributed by atoms with Gasteiger partial charge in [0.25, 0.3) is 0 Å². The predicted octanol–water partition coefficient (Wildman–Crippen LogP) is 2.26. The van der Waals surface area contributed by atoms with Crippen LogP contribution in [0.5, 0.6) is 0 Å². The Labute approximate surface area is 68.9 Å². The summed E-state index contributed by atoms with van der Waals surface area (Å²) < 4.78 is 39.3. The third-order valence-corrected chi connectivity index (χ3v) is 1.11.